The van der Waals surface area contributed by atoms with Crippen molar-refractivity contribution in [2.75, 3.05) is 23.7 Å². The number of piperidine rings is 1. The van der Waals surface area contributed by atoms with E-state index in [1.165, 1.54) is 16.4 Å². The first-order chi connectivity index (χ1) is 12.4. The van der Waals surface area contributed by atoms with Crippen LogP contribution in [0.3, 0.4) is 0 Å². The number of carbonyl (C=O) groups excluding carboxylic acids is 1. The molecule has 0 saturated carbocycles. The number of sulfonamides is 1. The second-order valence-corrected chi connectivity index (χ2v) is 8.49. The minimum absolute atomic E-state index is 0.251. The van der Waals surface area contributed by atoms with E-state index in [2.05, 4.69) is 17.6 Å². The maximum Gasteiger partial charge on any atom is 0.323 e. The van der Waals surface area contributed by atoms with Crippen LogP contribution in [0.1, 0.15) is 19.8 Å². The van der Waals surface area contributed by atoms with E-state index in [4.69, 9.17) is 0 Å². The molecule has 2 amide bonds. The van der Waals surface area contributed by atoms with Gasteiger partial charge < -0.3 is 10.6 Å². The Morgan fingerprint density at radius 3 is 2.04 bits per heavy atom. The number of amides is 2. The molecule has 0 aromatic heterocycles. The summed E-state index contributed by atoms with van der Waals surface area (Å²) in [5, 5.41) is 5.41. The Kier molecular flexibility index (Phi) is 5.58. The van der Waals surface area contributed by atoms with Crippen LogP contribution >= 0.6 is 0 Å². The third-order valence-electron chi connectivity index (χ3n) is 4.52. The highest BCUT2D eigenvalue weighted by Crippen LogP contribution is 2.24. The third-order valence-corrected chi connectivity index (χ3v) is 6.44. The lowest BCUT2D eigenvalue weighted by Crippen LogP contribution is -2.37. The molecule has 2 aromatic carbocycles. The first-order valence-electron chi connectivity index (χ1n) is 8.68. The molecule has 2 aromatic rings. The van der Waals surface area contributed by atoms with Crippen LogP contribution < -0.4 is 10.6 Å². The summed E-state index contributed by atoms with van der Waals surface area (Å²) in [6.45, 7) is 3.26. The molecule has 26 heavy (non-hydrogen) atoms. The van der Waals surface area contributed by atoms with Gasteiger partial charge in [0.2, 0.25) is 10.0 Å². The smallest absolute Gasteiger partial charge is 0.308 e. The molecule has 1 aliphatic rings. The Morgan fingerprint density at radius 1 is 0.923 bits per heavy atom. The van der Waals surface area contributed by atoms with Gasteiger partial charge in [-0.1, -0.05) is 25.1 Å². The van der Waals surface area contributed by atoms with Crippen LogP contribution in [0.2, 0.25) is 0 Å². The van der Waals surface area contributed by atoms with Gasteiger partial charge in [0.15, 0.2) is 0 Å². The first-order valence-corrected chi connectivity index (χ1v) is 10.1. The maximum atomic E-state index is 12.7. The molecular formula is C19H23N3O3S. The van der Waals surface area contributed by atoms with Crippen molar-refractivity contribution >= 4 is 27.4 Å². The van der Waals surface area contributed by atoms with E-state index >= 15 is 0 Å². The minimum Gasteiger partial charge on any atom is -0.308 e. The lowest BCUT2D eigenvalue weighted by molar-refractivity contribution is 0.262. The highest BCUT2D eigenvalue weighted by Gasteiger charge is 2.27. The van der Waals surface area contributed by atoms with Gasteiger partial charge in [-0.25, -0.2) is 13.2 Å². The summed E-state index contributed by atoms with van der Waals surface area (Å²) in [6, 6.07) is 15.0. The van der Waals surface area contributed by atoms with Crippen molar-refractivity contribution in [3.05, 3.63) is 54.6 Å². The van der Waals surface area contributed by atoms with E-state index in [1.54, 1.807) is 24.3 Å². The summed E-state index contributed by atoms with van der Waals surface area (Å²) in [5.74, 6) is 0.566. The van der Waals surface area contributed by atoms with Crippen LogP contribution in [-0.2, 0) is 10.0 Å². The van der Waals surface area contributed by atoms with Crippen molar-refractivity contribution in [1.82, 2.24) is 4.31 Å². The molecule has 0 atom stereocenters. The minimum atomic E-state index is -3.47. The zero-order valence-corrected chi connectivity index (χ0v) is 15.5. The largest absolute Gasteiger partial charge is 0.323 e. The van der Waals surface area contributed by atoms with Crippen molar-refractivity contribution in [3.63, 3.8) is 0 Å². The van der Waals surface area contributed by atoms with E-state index in [1.807, 2.05) is 18.2 Å². The molecule has 6 nitrogen and oxygen atoms in total. The van der Waals surface area contributed by atoms with Crippen LogP contribution in [0.15, 0.2) is 59.5 Å². The summed E-state index contributed by atoms with van der Waals surface area (Å²) in [5.41, 5.74) is 1.22. The highest BCUT2D eigenvalue weighted by atomic mass is 32.2. The zero-order chi connectivity index (χ0) is 18.6. The zero-order valence-electron chi connectivity index (χ0n) is 14.7. The van der Waals surface area contributed by atoms with Crippen LogP contribution in [0.25, 0.3) is 0 Å². The average Bonchev–Trinajstić information content (AvgIpc) is 2.63. The molecule has 0 unspecified atom stereocenters. The molecule has 0 spiro atoms. The van der Waals surface area contributed by atoms with E-state index in [0.29, 0.717) is 30.4 Å². The molecule has 0 radical (unpaired) electrons. The van der Waals surface area contributed by atoms with E-state index in [-0.39, 0.29) is 10.9 Å². The Bertz CT molecular complexity index is 843. The summed E-state index contributed by atoms with van der Waals surface area (Å²) < 4.78 is 26.9. The summed E-state index contributed by atoms with van der Waals surface area (Å²) >= 11 is 0. The number of nitrogens with one attached hydrogen (secondary N) is 2. The second kappa shape index (κ2) is 7.88. The topological polar surface area (TPSA) is 78.5 Å². The Labute approximate surface area is 154 Å². The number of benzene rings is 2. The normalized spacial score (nSPS) is 16.2. The van der Waals surface area contributed by atoms with Crippen LogP contribution in [0, 0.1) is 5.92 Å². The lowest BCUT2D eigenvalue weighted by atomic mass is 10.0. The van der Waals surface area contributed by atoms with Gasteiger partial charge in [0.25, 0.3) is 0 Å². The molecule has 0 aliphatic carbocycles. The molecule has 0 bridgehead atoms. The SMILES string of the molecule is CC1CCN(S(=O)(=O)c2ccc(NC(=O)Nc3ccccc3)cc2)CC1. The van der Waals surface area contributed by atoms with Crippen LogP contribution in [0.4, 0.5) is 16.2 Å². The predicted octanol–water partition coefficient (Wildman–Crippen LogP) is 3.75. The fourth-order valence-corrected chi connectivity index (χ4v) is 4.37. The van der Waals surface area contributed by atoms with Gasteiger partial charge >= 0.3 is 6.03 Å². The fraction of sp³-hybridized carbons (Fsp3) is 0.316. The molecule has 1 heterocycles. The molecule has 1 saturated heterocycles. The number of hydrogen-bond donors (Lipinski definition) is 2. The van der Waals surface area contributed by atoms with Gasteiger partial charge in [0, 0.05) is 24.5 Å². The Balaban J connectivity index is 1.63. The monoisotopic (exact) mass is 373 g/mol. The fourth-order valence-electron chi connectivity index (χ4n) is 2.90. The van der Waals surface area contributed by atoms with Gasteiger partial charge in [-0.15, -0.1) is 0 Å². The number of para-hydroxylation sites is 1. The first kappa shape index (κ1) is 18.4. The van der Waals surface area contributed by atoms with E-state index < -0.39 is 10.0 Å². The summed E-state index contributed by atoms with van der Waals surface area (Å²) in [6.07, 6.45) is 1.77. The molecule has 138 valence electrons. The van der Waals surface area contributed by atoms with Crippen molar-refractivity contribution in [1.29, 1.82) is 0 Å². The van der Waals surface area contributed by atoms with E-state index in [0.717, 1.165) is 12.8 Å². The van der Waals surface area contributed by atoms with Crippen molar-refractivity contribution in [3.8, 4) is 0 Å². The predicted molar refractivity (Wildman–Crippen MR) is 103 cm³/mol. The number of anilines is 2. The molecule has 7 heteroatoms. The third kappa shape index (κ3) is 4.42. The molecular weight excluding hydrogens is 350 g/mol. The maximum absolute atomic E-state index is 12.7. The molecule has 3 rings (SSSR count). The summed E-state index contributed by atoms with van der Waals surface area (Å²) in [4.78, 5) is 12.2. The van der Waals surface area contributed by atoms with Gasteiger partial charge in [0.05, 0.1) is 4.90 Å². The molecule has 1 aliphatic heterocycles. The van der Waals surface area contributed by atoms with Crippen molar-refractivity contribution < 1.29 is 13.2 Å². The number of nitrogens with zero attached hydrogens (tertiary/aromatic N) is 1. The average molecular weight is 373 g/mol. The number of rotatable bonds is 4. The van der Waals surface area contributed by atoms with Gasteiger partial charge in [-0.05, 0) is 55.2 Å². The van der Waals surface area contributed by atoms with Gasteiger partial charge in [0.1, 0.15) is 0 Å². The molecule has 1 fully saturated rings. The van der Waals surface area contributed by atoms with E-state index in [9.17, 15) is 13.2 Å². The second-order valence-electron chi connectivity index (χ2n) is 6.56. The number of urea groups is 1. The van der Waals surface area contributed by atoms with Crippen LogP contribution in [-0.4, -0.2) is 31.8 Å². The van der Waals surface area contributed by atoms with Crippen molar-refractivity contribution in [2.24, 2.45) is 5.92 Å². The quantitative estimate of drug-likeness (QED) is 0.857. The summed E-state index contributed by atoms with van der Waals surface area (Å²) in [7, 11) is -3.47. The number of hydrogen-bond acceptors (Lipinski definition) is 3. The number of carbonyl (C=O) groups is 1. The van der Waals surface area contributed by atoms with Gasteiger partial charge in [-0.2, -0.15) is 4.31 Å². The highest BCUT2D eigenvalue weighted by molar-refractivity contribution is 7.89. The Morgan fingerprint density at radius 2 is 1.46 bits per heavy atom. The molecule has 2 N–H and O–H groups in total. The Hall–Kier alpha value is -2.38. The van der Waals surface area contributed by atoms with Gasteiger partial charge in [-0.3, -0.25) is 0 Å². The van der Waals surface area contributed by atoms with Crippen LogP contribution in [0.5, 0.6) is 0 Å². The standard InChI is InChI=1S/C19H23N3O3S/c1-15-11-13-22(14-12-15)26(24,25)18-9-7-17(8-10-18)21-19(23)20-16-5-3-2-4-6-16/h2-10,15H,11-14H2,1H3,(H2,20,21,23). The van der Waals surface area contributed by atoms with Crippen molar-refractivity contribution in [2.45, 2.75) is 24.7 Å². The lowest BCUT2D eigenvalue weighted by Gasteiger charge is -2.29.